The van der Waals surface area contributed by atoms with Crippen LogP contribution in [-0.4, -0.2) is 34.3 Å². The summed E-state index contributed by atoms with van der Waals surface area (Å²) < 4.78 is 0. The standard InChI is InChI=1S/C19H23N3O2/c23-18-10-15(12-22(18)16-3-1-2-4-16)19(24)21-11-13-5-6-14-7-8-20-17(14)9-13/h5-9,15-16,20H,1-4,10-12H2,(H,21,24)/t15-/m1/s1. The van der Waals surface area contributed by atoms with Crippen molar-refractivity contribution in [3.8, 4) is 0 Å². The fraction of sp³-hybridized carbons (Fsp3) is 0.474. The van der Waals surface area contributed by atoms with Crippen LogP contribution >= 0.6 is 0 Å². The summed E-state index contributed by atoms with van der Waals surface area (Å²) in [7, 11) is 0. The van der Waals surface area contributed by atoms with Gasteiger partial charge in [-0.2, -0.15) is 0 Å². The first-order chi connectivity index (χ1) is 11.7. The van der Waals surface area contributed by atoms with Crippen LogP contribution in [0.1, 0.15) is 37.7 Å². The van der Waals surface area contributed by atoms with E-state index in [-0.39, 0.29) is 17.7 Å². The summed E-state index contributed by atoms with van der Waals surface area (Å²) >= 11 is 0. The van der Waals surface area contributed by atoms with Gasteiger partial charge in [-0.05, 0) is 35.9 Å². The molecule has 0 spiro atoms. The van der Waals surface area contributed by atoms with E-state index in [1.807, 2.05) is 29.3 Å². The highest BCUT2D eigenvalue weighted by Crippen LogP contribution is 2.29. The van der Waals surface area contributed by atoms with Crippen LogP contribution in [0.2, 0.25) is 0 Å². The summed E-state index contributed by atoms with van der Waals surface area (Å²) in [5.74, 6) is -0.0578. The predicted octanol–water partition coefficient (Wildman–Crippen LogP) is 2.58. The van der Waals surface area contributed by atoms with E-state index in [0.717, 1.165) is 23.9 Å². The highest BCUT2D eigenvalue weighted by Gasteiger charge is 2.38. The Hall–Kier alpha value is -2.30. The van der Waals surface area contributed by atoms with Crippen molar-refractivity contribution in [3.63, 3.8) is 0 Å². The molecule has 1 atom stereocenters. The largest absolute Gasteiger partial charge is 0.361 e. The van der Waals surface area contributed by atoms with E-state index in [1.165, 1.54) is 18.2 Å². The van der Waals surface area contributed by atoms with E-state index in [1.54, 1.807) is 0 Å². The van der Waals surface area contributed by atoms with Crippen LogP contribution in [0.3, 0.4) is 0 Å². The normalized spacial score (nSPS) is 21.8. The topological polar surface area (TPSA) is 65.2 Å². The summed E-state index contributed by atoms with van der Waals surface area (Å²) in [6.45, 7) is 1.09. The number of carbonyl (C=O) groups is 2. The number of fused-ring (bicyclic) bond motifs is 1. The number of nitrogens with one attached hydrogen (secondary N) is 2. The van der Waals surface area contributed by atoms with Crippen molar-refractivity contribution >= 4 is 22.7 Å². The second-order valence-electron chi connectivity index (χ2n) is 7.00. The molecule has 0 radical (unpaired) electrons. The Bertz CT molecular complexity index is 761. The molecular weight excluding hydrogens is 302 g/mol. The molecule has 2 aromatic rings. The summed E-state index contributed by atoms with van der Waals surface area (Å²) in [6.07, 6.45) is 6.86. The van der Waals surface area contributed by atoms with Gasteiger partial charge in [-0.1, -0.05) is 25.0 Å². The van der Waals surface area contributed by atoms with Gasteiger partial charge in [0.1, 0.15) is 0 Å². The van der Waals surface area contributed by atoms with Gasteiger partial charge in [-0.15, -0.1) is 0 Å². The fourth-order valence-corrected chi connectivity index (χ4v) is 4.01. The molecule has 2 aliphatic rings. The Balaban J connectivity index is 1.35. The van der Waals surface area contributed by atoms with Gasteiger partial charge in [0.05, 0.1) is 5.92 Å². The molecule has 0 unspecified atom stereocenters. The number of H-pyrrole nitrogens is 1. The van der Waals surface area contributed by atoms with Crippen LogP contribution in [0.5, 0.6) is 0 Å². The van der Waals surface area contributed by atoms with Crippen molar-refractivity contribution in [2.45, 2.75) is 44.7 Å². The van der Waals surface area contributed by atoms with Crippen LogP contribution in [0.15, 0.2) is 30.5 Å². The van der Waals surface area contributed by atoms with Gasteiger partial charge in [0.15, 0.2) is 0 Å². The van der Waals surface area contributed by atoms with Crippen molar-refractivity contribution < 1.29 is 9.59 Å². The molecule has 1 aliphatic carbocycles. The molecule has 1 aliphatic heterocycles. The van der Waals surface area contributed by atoms with Crippen LogP contribution in [0, 0.1) is 5.92 Å². The van der Waals surface area contributed by atoms with Gasteiger partial charge in [0.25, 0.3) is 0 Å². The van der Waals surface area contributed by atoms with Gasteiger partial charge in [0.2, 0.25) is 11.8 Å². The minimum Gasteiger partial charge on any atom is -0.361 e. The smallest absolute Gasteiger partial charge is 0.225 e. The zero-order valence-corrected chi connectivity index (χ0v) is 13.8. The van der Waals surface area contributed by atoms with Gasteiger partial charge >= 0.3 is 0 Å². The number of aromatic nitrogens is 1. The Morgan fingerprint density at radius 3 is 2.92 bits per heavy atom. The van der Waals surface area contributed by atoms with E-state index in [4.69, 9.17) is 0 Å². The molecule has 1 saturated carbocycles. The Kier molecular flexibility index (Phi) is 4.00. The van der Waals surface area contributed by atoms with Crippen molar-refractivity contribution in [1.82, 2.24) is 15.2 Å². The number of amides is 2. The van der Waals surface area contributed by atoms with Crippen molar-refractivity contribution in [1.29, 1.82) is 0 Å². The van der Waals surface area contributed by atoms with E-state index in [9.17, 15) is 9.59 Å². The van der Waals surface area contributed by atoms with E-state index >= 15 is 0 Å². The van der Waals surface area contributed by atoms with Gasteiger partial charge < -0.3 is 15.2 Å². The fourth-order valence-electron chi connectivity index (χ4n) is 4.01. The Labute approximate surface area is 141 Å². The zero-order chi connectivity index (χ0) is 16.5. The molecule has 0 bridgehead atoms. The molecule has 2 fully saturated rings. The average molecular weight is 325 g/mol. The molecule has 2 heterocycles. The number of hydrogen-bond donors (Lipinski definition) is 2. The quantitative estimate of drug-likeness (QED) is 0.907. The lowest BCUT2D eigenvalue weighted by Gasteiger charge is -2.23. The van der Waals surface area contributed by atoms with Crippen LogP contribution < -0.4 is 5.32 Å². The zero-order valence-electron chi connectivity index (χ0n) is 13.8. The number of rotatable bonds is 4. The number of likely N-dealkylation sites (tertiary alicyclic amines) is 1. The predicted molar refractivity (Wildman–Crippen MR) is 92.2 cm³/mol. The van der Waals surface area contributed by atoms with Crippen molar-refractivity contribution in [3.05, 3.63) is 36.0 Å². The number of aromatic amines is 1. The molecule has 1 saturated heterocycles. The monoisotopic (exact) mass is 325 g/mol. The Morgan fingerprint density at radius 1 is 1.25 bits per heavy atom. The number of benzene rings is 1. The summed E-state index contributed by atoms with van der Waals surface area (Å²) in [4.78, 5) is 29.8. The molecule has 24 heavy (non-hydrogen) atoms. The number of nitrogens with zero attached hydrogens (tertiary/aromatic N) is 1. The highest BCUT2D eigenvalue weighted by atomic mass is 16.2. The first kappa shape index (κ1) is 15.2. The third-order valence-electron chi connectivity index (χ3n) is 5.38. The second-order valence-corrected chi connectivity index (χ2v) is 7.00. The molecule has 1 aromatic carbocycles. The molecule has 5 heteroatoms. The third kappa shape index (κ3) is 2.90. The molecule has 2 amide bonds. The maximum Gasteiger partial charge on any atom is 0.225 e. The highest BCUT2D eigenvalue weighted by molar-refractivity contribution is 5.89. The van der Waals surface area contributed by atoms with Crippen LogP contribution in [0.25, 0.3) is 10.9 Å². The molecule has 5 nitrogen and oxygen atoms in total. The number of carbonyl (C=O) groups excluding carboxylic acids is 2. The van der Waals surface area contributed by atoms with Gasteiger partial charge in [-0.3, -0.25) is 9.59 Å². The van der Waals surface area contributed by atoms with E-state index in [0.29, 0.717) is 25.6 Å². The first-order valence-corrected chi connectivity index (χ1v) is 8.84. The SMILES string of the molecule is O=C(NCc1ccc2cc[nH]c2c1)[C@@H]1CC(=O)N(C2CCCC2)C1. The van der Waals surface area contributed by atoms with Crippen molar-refractivity contribution in [2.75, 3.05) is 6.54 Å². The molecule has 1 aromatic heterocycles. The lowest BCUT2D eigenvalue weighted by molar-refractivity contribution is -0.130. The average Bonchev–Trinajstić information content (AvgIpc) is 3.31. The summed E-state index contributed by atoms with van der Waals surface area (Å²) in [5.41, 5.74) is 2.14. The minimum absolute atomic E-state index is 0.00423. The molecule has 4 rings (SSSR count). The summed E-state index contributed by atoms with van der Waals surface area (Å²) in [5, 5.41) is 4.16. The van der Waals surface area contributed by atoms with E-state index < -0.39 is 0 Å². The maximum atomic E-state index is 12.4. The van der Waals surface area contributed by atoms with E-state index in [2.05, 4.69) is 16.4 Å². The van der Waals surface area contributed by atoms with Gasteiger partial charge in [-0.25, -0.2) is 0 Å². The first-order valence-electron chi connectivity index (χ1n) is 8.84. The minimum atomic E-state index is -0.202. The lowest BCUT2D eigenvalue weighted by Crippen LogP contribution is -2.36. The van der Waals surface area contributed by atoms with Crippen LogP contribution in [0.4, 0.5) is 0 Å². The second kappa shape index (κ2) is 6.30. The number of hydrogen-bond acceptors (Lipinski definition) is 2. The third-order valence-corrected chi connectivity index (χ3v) is 5.38. The van der Waals surface area contributed by atoms with Crippen molar-refractivity contribution in [2.24, 2.45) is 5.92 Å². The van der Waals surface area contributed by atoms with Gasteiger partial charge in [0, 0.05) is 37.3 Å². The Morgan fingerprint density at radius 2 is 2.08 bits per heavy atom. The van der Waals surface area contributed by atoms with Crippen LogP contribution in [-0.2, 0) is 16.1 Å². The molecule has 126 valence electrons. The lowest BCUT2D eigenvalue weighted by atomic mass is 10.1. The maximum absolute atomic E-state index is 12.4. The summed E-state index contributed by atoms with van der Waals surface area (Å²) in [6, 6.07) is 8.53. The molecular formula is C19H23N3O2. The molecule has 2 N–H and O–H groups in total.